The summed E-state index contributed by atoms with van der Waals surface area (Å²) in [5.41, 5.74) is 0. The van der Waals surface area contributed by atoms with Crippen molar-refractivity contribution in [3.63, 3.8) is 0 Å². The summed E-state index contributed by atoms with van der Waals surface area (Å²) in [5.74, 6) is 0.779. The molecule has 0 spiro atoms. The minimum absolute atomic E-state index is 0.257. The molecule has 1 aliphatic heterocycles. The molecule has 1 aromatic heterocycles. The van der Waals surface area contributed by atoms with Crippen molar-refractivity contribution in [2.24, 2.45) is 5.92 Å². The van der Waals surface area contributed by atoms with Crippen molar-refractivity contribution < 1.29 is 17.6 Å². The Kier molecular flexibility index (Phi) is 2.98. The van der Waals surface area contributed by atoms with Gasteiger partial charge in [0.1, 0.15) is 6.10 Å². The maximum absolute atomic E-state index is 11.1. The highest BCUT2D eigenvalue weighted by Crippen LogP contribution is 2.29. The van der Waals surface area contributed by atoms with E-state index in [2.05, 4.69) is 17.1 Å². The van der Waals surface area contributed by atoms with Gasteiger partial charge in [-0.3, -0.25) is 0 Å². The van der Waals surface area contributed by atoms with Crippen LogP contribution in [0.25, 0.3) is 0 Å². The van der Waals surface area contributed by atoms with Gasteiger partial charge in [-0.25, -0.2) is 8.42 Å². The normalized spacial score (nSPS) is 26.9. The van der Waals surface area contributed by atoms with Gasteiger partial charge in [0.25, 0.3) is 0 Å². The van der Waals surface area contributed by atoms with Crippen LogP contribution in [-0.4, -0.2) is 31.5 Å². The van der Waals surface area contributed by atoms with E-state index in [1.54, 1.807) is 0 Å². The first-order valence-corrected chi connectivity index (χ1v) is 7.01. The molecule has 0 aliphatic carbocycles. The summed E-state index contributed by atoms with van der Waals surface area (Å²) >= 11 is 0. The molecule has 7 heteroatoms. The van der Waals surface area contributed by atoms with E-state index >= 15 is 0 Å². The molecule has 0 unspecified atom stereocenters. The lowest BCUT2D eigenvalue weighted by molar-refractivity contribution is -0.0280. The highest BCUT2D eigenvalue weighted by Gasteiger charge is 2.26. The van der Waals surface area contributed by atoms with Gasteiger partial charge < -0.3 is 9.15 Å². The second-order valence-corrected chi connectivity index (χ2v) is 6.08. The molecule has 0 radical (unpaired) electrons. The standard InChI is InChI=1S/C9H14N2O4S/c1-6-3-4-7(14-5-6)8-10-11-9(15-8)16(2,12)13/h6-7H,3-5H2,1-2H3/t6-,7+/m1/s1. The molecule has 0 saturated carbocycles. The molecule has 16 heavy (non-hydrogen) atoms. The molecule has 90 valence electrons. The van der Waals surface area contributed by atoms with Crippen LogP contribution in [-0.2, 0) is 14.6 Å². The zero-order valence-electron chi connectivity index (χ0n) is 9.21. The van der Waals surface area contributed by atoms with Crippen LogP contribution in [0.3, 0.4) is 0 Å². The van der Waals surface area contributed by atoms with Crippen molar-refractivity contribution in [1.29, 1.82) is 0 Å². The summed E-state index contributed by atoms with van der Waals surface area (Å²) in [4.78, 5) is 0. The Morgan fingerprint density at radius 1 is 1.31 bits per heavy atom. The molecule has 2 heterocycles. The van der Waals surface area contributed by atoms with Gasteiger partial charge >= 0.3 is 5.22 Å². The van der Waals surface area contributed by atoms with Gasteiger partial charge in [-0.05, 0) is 18.8 Å². The molecular formula is C9H14N2O4S. The fourth-order valence-electron chi connectivity index (χ4n) is 1.58. The summed E-state index contributed by atoms with van der Waals surface area (Å²) < 4.78 is 32.9. The molecular weight excluding hydrogens is 232 g/mol. The van der Waals surface area contributed by atoms with Crippen LogP contribution in [0.15, 0.2) is 9.64 Å². The van der Waals surface area contributed by atoms with Crippen molar-refractivity contribution in [2.45, 2.75) is 31.1 Å². The van der Waals surface area contributed by atoms with E-state index in [1.165, 1.54) is 0 Å². The SMILES string of the molecule is C[C@@H]1CC[C@@H](c2nnc(S(C)(=O)=O)o2)OC1. The summed E-state index contributed by atoms with van der Waals surface area (Å²) in [5, 5.41) is 6.86. The molecule has 0 aromatic carbocycles. The summed E-state index contributed by atoms with van der Waals surface area (Å²) in [6, 6.07) is 0. The molecule has 2 atom stereocenters. The van der Waals surface area contributed by atoms with Crippen LogP contribution in [0.4, 0.5) is 0 Å². The van der Waals surface area contributed by atoms with E-state index in [9.17, 15) is 8.42 Å². The minimum atomic E-state index is -3.43. The third kappa shape index (κ3) is 2.41. The quantitative estimate of drug-likeness (QED) is 0.773. The van der Waals surface area contributed by atoms with Crippen molar-refractivity contribution in [3.05, 3.63) is 5.89 Å². The van der Waals surface area contributed by atoms with E-state index in [0.717, 1.165) is 19.1 Å². The molecule has 1 aromatic rings. The third-order valence-electron chi connectivity index (χ3n) is 2.52. The number of rotatable bonds is 2. The van der Waals surface area contributed by atoms with Crippen LogP contribution >= 0.6 is 0 Å². The maximum Gasteiger partial charge on any atom is 0.335 e. The number of ether oxygens (including phenoxy) is 1. The number of nitrogens with zero attached hydrogens (tertiary/aromatic N) is 2. The minimum Gasteiger partial charge on any atom is -0.410 e. The van der Waals surface area contributed by atoms with Crippen molar-refractivity contribution in [1.82, 2.24) is 10.2 Å². The van der Waals surface area contributed by atoms with Gasteiger partial charge in [-0.2, -0.15) is 0 Å². The van der Waals surface area contributed by atoms with Crippen molar-refractivity contribution >= 4 is 9.84 Å². The van der Waals surface area contributed by atoms with Gasteiger partial charge in [-0.1, -0.05) is 12.0 Å². The Morgan fingerprint density at radius 3 is 2.56 bits per heavy atom. The van der Waals surface area contributed by atoms with E-state index in [1.807, 2.05) is 0 Å². The topological polar surface area (TPSA) is 82.3 Å². The van der Waals surface area contributed by atoms with Crippen LogP contribution < -0.4 is 0 Å². The smallest absolute Gasteiger partial charge is 0.335 e. The summed E-state index contributed by atoms with van der Waals surface area (Å²) in [7, 11) is -3.43. The molecule has 1 saturated heterocycles. The Bertz CT molecular complexity index is 460. The van der Waals surface area contributed by atoms with E-state index in [4.69, 9.17) is 9.15 Å². The van der Waals surface area contributed by atoms with E-state index in [-0.39, 0.29) is 17.2 Å². The first kappa shape index (κ1) is 11.5. The van der Waals surface area contributed by atoms with Crippen LogP contribution in [0.1, 0.15) is 31.8 Å². The second-order valence-electron chi connectivity index (χ2n) is 4.18. The molecule has 0 amide bonds. The Morgan fingerprint density at radius 2 is 2.06 bits per heavy atom. The number of sulfone groups is 1. The number of hydrogen-bond acceptors (Lipinski definition) is 6. The predicted octanol–water partition coefficient (Wildman–Crippen LogP) is 0.961. The molecule has 2 rings (SSSR count). The molecule has 0 N–H and O–H groups in total. The Balaban J connectivity index is 2.14. The lowest BCUT2D eigenvalue weighted by atomic mass is 10.0. The monoisotopic (exact) mass is 246 g/mol. The lowest BCUT2D eigenvalue weighted by Gasteiger charge is -2.24. The molecule has 1 fully saturated rings. The fourth-order valence-corrected chi connectivity index (χ4v) is 2.00. The van der Waals surface area contributed by atoms with Gasteiger partial charge in [-0.15, -0.1) is 5.10 Å². The summed E-state index contributed by atoms with van der Waals surface area (Å²) in [6.07, 6.45) is 2.57. The largest absolute Gasteiger partial charge is 0.410 e. The molecule has 0 bridgehead atoms. The van der Waals surface area contributed by atoms with Crippen LogP contribution in [0.2, 0.25) is 0 Å². The molecule has 6 nitrogen and oxygen atoms in total. The van der Waals surface area contributed by atoms with Crippen molar-refractivity contribution in [3.8, 4) is 0 Å². The summed E-state index contributed by atoms with van der Waals surface area (Å²) in [6.45, 7) is 2.74. The fraction of sp³-hybridized carbons (Fsp3) is 0.778. The highest BCUT2D eigenvalue weighted by atomic mass is 32.2. The zero-order valence-corrected chi connectivity index (χ0v) is 10.0. The second kappa shape index (κ2) is 4.14. The predicted molar refractivity (Wildman–Crippen MR) is 54.5 cm³/mol. The Labute approximate surface area is 93.9 Å². The first-order valence-electron chi connectivity index (χ1n) is 5.12. The Hall–Kier alpha value is -0.950. The average molecular weight is 246 g/mol. The first-order chi connectivity index (χ1) is 7.47. The molecule has 1 aliphatic rings. The highest BCUT2D eigenvalue weighted by molar-refractivity contribution is 7.90. The van der Waals surface area contributed by atoms with Crippen LogP contribution in [0.5, 0.6) is 0 Å². The van der Waals surface area contributed by atoms with E-state index < -0.39 is 9.84 Å². The van der Waals surface area contributed by atoms with Gasteiger partial charge in [0.15, 0.2) is 0 Å². The third-order valence-corrected chi connectivity index (χ3v) is 3.32. The van der Waals surface area contributed by atoms with Crippen molar-refractivity contribution in [2.75, 3.05) is 12.9 Å². The average Bonchev–Trinajstić information content (AvgIpc) is 2.67. The van der Waals surface area contributed by atoms with Crippen LogP contribution in [0, 0.1) is 5.92 Å². The van der Waals surface area contributed by atoms with Gasteiger partial charge in [0, 0.05) is 6.26 Å². The van der Waals surface area contributed by atoms with Gasteiger partial charge in [0.05, 0.1) is 6.61 Å². The van der Waals surface area contributed by atoms with E-state index in [0.29, 0.717) is 12.5 Å². The lowest BCUT2D eigenvalue weighted by Crippen LogP contribution is -2.18. The number of aromatic nitrogens is 2. The van der Waals surface area contributed by atoms with Gasteiger partial charge in [0.2, 0.25) is 15.7 Å². The maximum atomic E-state index is 11.1. The zero-order chi connectivity index (χ0) is 11.8. The number of hydrogen-bond donors (Lipinski definition) is 0.